The van der Waals surface area contributed by atoms with E-state index in [-0.39, 0.29) is 11.8 Å². The molecule has 0 aliphatic rings. The van der Waals surface area contributed by atoms with E-state index in [0.717, 1.165) is 5.56 Å². The Kier molecular flexibility index (Phi) is 5.64. The standard InChI is InChI=1S/C14H20N4O3S/c1-3-22(19,20)16-9-11(2)15-10-13-17-14(21-18-13)12-7-5-4-6-8-12/h4-8,11,15-16H,3,9-10H2,1-2H3/t11-/m1/s1. The van der Waals surface area contributed by atoms with Crippen molar-refractivity contribution in [2.75, 3.05) is 12.3 Å². The fourth-order valence-corrected chi connectivity index (χ4v) is 2.42. The molecule has 0 aliphatic carbocycles. The van der Waals surface area contributed by atoms with Crippen LogP contribution in [0.2, 0.25) is 0 Å². The van der Waals surface area contributed by atoms with Crippen molar-refractivity contribution in [3.05, 3.63) is 36.2 Å². The molecule has 2 aromatic rings. The van der Waals surface area contributed by atoms with Gasteiger partial charge in [0.1, 0.15) is 0 Å². The Morgan fingerprint density at radius 1 is 1.27 bits per heavy atom. The van der Waals surface area contributed by atoms with E-state index in [1.54, 1.807) is 6.92 Å². The minimum absolute atomic E-state index is 0.0417. The van der Waals surface area contributed by atoms with Crippen LogP contribution >= 0.6 is 0 Å². The topological polar surface area (TPSA) is 97.1 Å². The summed E-state index contributed by atoms with van der Waals surface area (Å²) >= 11 is 0. The highest BCUT2D eigenvalue weighted by atomic mass is 32.2. The Balaban J connectivity index is 1.84. The Morgan fingerprint density at radius 3 is 2.68 bits per heavy atom. The van der Waals surface area contributed by atoms with Crippen LogP contribution in [0, 0.1) is 0 Å². The van der Waals surface area contributed by atoms with Crippen molar-refractivity contribution in [1.29, 1.82) is 0 Å². The molecule has 120 valence electrons. The lowest BCUT2D eigenvalue weighted by molar-refractivity contribution is 0.415. The molecule has 0 spiro atoms. The average Bonchev–Trinajstić information content (AvgIpc) is 3.01. The zero-order chi connectivity index (χ0) is 16.0. The molecular weight excluding hydrogens is 304 g/mol. The number of nitrogens with zero attached hydrogens (tertiary/aromatic N) is 2. The lowest BCUT2D eigenvalue weighted by Crippen LogP contribution is -2.39. The summed E-state index contributed by atoms with van der Waals surface area (Å²) in [6.45, 7) is 4.21. The van der Waals surface area contributed by atoms with Gasteiger partial charge in [-0.05, 0) is 26.0 Å². The molecule has 2 N–H and O–H groups in total. The molecule has 0 unspecified atom stereocenters. The van der Waals surface area contributed by atoms with Gasteiger partial charge in [-0.3, -0.25) is 0 Å². The first-order valence-corrected chi connectivity index (χ1v) is 8.74. The van der Waals surface area contributed by atoms with Crippen LogP contribution in [-0.4, -0.2) is 36.9 Å². The molecule has 0 bridgehead atoms. The molecule has 0 saturated heterocycles. The van der Waals surface area contributed by atoms with E-state index in [4.69, 9.17) is 4.52 Å². The summed E-state index contributed by atoms with van der Waals surface area (Å²) in [5.41, 5.74) is 0.866. The van der Waals surface area contributed by atoms with Gasteiger partial charge in [0.15, 0.2) is 5.82 Å². The van der Waals surface area contributed by atoms with Crippen LogP contribution in [0.5, 0.6) is 0 Å². The summed E-state index contributed by atoms with van der Waals surface area (Å²) in [6.07, 6.45) is 0. The van der Waals surface area contributed by atoms with E-state index < -0.39 is 10.0 Å². The van der Waals surface area contributed by atoms with Crippen LogP contribution in [0.15, 0.2) is 34.9 Å². The fourth-order valence-electron chi connectivity index (χ4n) is 1.72. The van der Waals surface area contributed by atoms with E-state index in [2.05, 4.69) is 20.2 Å². The monoisotopic (exact) mass is 324 g/mol. The van der Waals surface area contributed by atoms with E-state index in [1.165, 1.54) is 0 Å². The average molecular weight is 324 g/mol. The van der Waals surface area contributed by atoms with Crippen molar-refractivity contribution in [2.24, 2.45) is 0 Å². The van der Waals surface area contributed by atoms with Crippen molar-refractivity contribution in [2.45, 2.75) is 26.4 Å². The lowest BCUT2D eigenvalue weighted by atomic mass is 10.2. The fraction of sp³-hybridized carbons (Fsp3) is 0.429. The smallest absolute Gasteiger partial charge is 0.257 e. The Bertz CT molecular complexity index is 685. The first-order valence-electron chi connectivity index (χ1n) is 7.09. The van der Waals surface area contributed by atoms with Gasteiger partial charge in [-0.25, -0.2) is 13.1 Å². The number of hydrogen-bond donors (Lipinski definition) is 2. The molecule has 1 heterocycles. The molecule has 1 aromatic carbocycles. The maximum absolute atomic E-state index is 11.4. The highest BCUT2D eigenvalue weighted by Gasteiger charge is 2.11. The first kappa shape index (κ1) is 16.6. The molecule has 8 heteroatoms. The van der Waals surface area contributed by atoms with Gasteiger partial charge in [0.25, 0.3) is 5.89 Å². The predicted molar refractivity (Wildman–Crippen MR) is 83.5 cm³/mol. The zero-order valence-corrected chi connectivity index (χ0v) is 13.4. The van der Waals surface area contributed by atoms with Crippen molar-refractivity contribution in [1.82, 2.24) is 20.2 Å². The Morgan fingerprint density at radius 2 is 2.00 bits per heavy atom. The third-order valence-electron chi connectivity index (χ3n) is 3.09. The van der Waals surface area contributed by atoms with E-state index >= 15 is 0 Å². The zero-order valence-electron chi connectivity index (χ0n) is 12.6. The normalized spacial score (nSPS) is 13.2. The van der Waals surface area contributed by atoms with E-state index in [1.807, 2.05) is 37.3 Å². The lowest BCUT2D eigenvalue weighted by Gasteiger charge is -2.12. The number of benzene rings is 1. The molecule has 2 rings (SSSR count). The third kappa shape index (κ3) is 4.90. The maximum Gasteiger partial charge on any atom is 0.257 e. The summed E-state index contributed by atoms with van der Waals surface area (Å²) in [7, 11) is -3.17. The minimum Gasteiger partial charge on any atom is -0.334 e. The van der Waals surface area contributed by atoms with Gasteiger partial charge in [0, 0.05) is 18.2 Å². The van der Waals surface area contributed by atoms with Crippen molar-refractivity contribution in [3.8, 4) is 11.5 Å². The summed E-state index contributed by atoms with van der Waals surface area (Å²) in [4.78, 5) is 4.30. The highest BCUT2D eigenvalue weighted by molar-refractivity contribution is 7.89. The van der Waals surface area contributed by atoms with Gasteiger partial charge < -0.3 is 9.84 Å². The first-order chi connectivity index (χ1) is 10.5. The third-order valence-corrected chi connectivity index (χ3v) is 4.45. The summed E-state index contributed by atoms with van der Waals surface area (Å²) in [5, 5.41) is 7.05. The largest absolute Gasteiger partial charge is 0.334 e. The minimum atomic E-state index is -3.17. The SMILES string of the molecule is CCS(=O)(=O)NC[C@@H](C)NCc1noc(-c2ccccc2)n1. The molecule has 22 heavy (non-hydrogen) atoms. The van der Waals surface area contributed by atoms with Crippen molar-refractivity contribution in [3.63, 3.8) is 0 Å². The molecule has 0 radical (unpaired) electrons. The summed E-state index contributed by atoms with van der Waals surface area (Å²) in [6, 6.07) is 9.47. The van der Waals surface area contributed by atoms with Gasteiger partial charge in [-0.1, -0.05) is 23.4 Å². The predicted octanol–water partition coefficient (Wildman–Crippen LogP) is 1.15. The van der Waals surface area contributed by atoms with Gasteiger partial charge in [0.05, 0.1) is 12.3 Å². The van der Waals surface area contributed by atoms with Gasteiger partial charge in [-0.15, -0.1) is 0 Å². The van der Waals surface area contributed by atoms with E-state index in [0.29, 0.717) is 24.8 Å². The highest BCUT2D eigenvalue weighted by Crippen LogP contribution is 2.15. The van der Waals surface area contributed by atoms with Crippen LogP contribution in [0.3, 0.4) is 0 Å². The van der Waals surface area contributed by atoms with Crippen molar-refractivity contribution < 1.29 is 12.9 Å². The van der Waals surface area contributed by atoms with Crippen LogP contribution in [0.1, 0.15) is 19.7 Å². The number of nitrogens with one attached hydrogen (secondary N) is 2. The number of aromatic nitrogens is 2. The van der Waals surface area contributed by atoms with Crippen LogP contribution in [-0.2, 0) is 16.6 Å². The van der Waals surface area contributed by atoms with Gasteiger partial charge >= 0.3 is 0 Å². The van der Waals surface area contributed by atoms with E-state index in [9.17, 15) is 8.42 Å². The van der Waals surface area contributed by atoms with Gasteiger partial charge in [0.2, 0.25) is 10.0 Å². The number of rotatable bonds is 8. The summed E-state index contributed by atoms with van der Waals surface area (Å²) < 4.78 is 30.4. The summed E-state index contributed by atoms with van der Waals surface area (Å²) in [5.74, 6) is 1.08. The number of sulfonamides is 1. The van der Waals surface area contributed by atoms with Crippen LogP contribution in [0.25, 0.3) is 11.5 Å². The molecular formula is C14H20N4O3S. The second-order valence-corrected chi connectivity index (χ2v) is 7.01. The quantitative estimate of drug-likeness (QED) is 0.756. The number of hydrogen-bond acceptors (Lipinski definition) is 6. The van der Waals surface area contributed by atoms with Crippen LogP contribution in [0.4, 0.5) is 0 Å². The molecule has 0 fully saturated rings. The Labute approximate surface area is 130 Å². The Hall–Kier alpha value is -1.77. The second-order valence-electron chi connectivity index (χ2n) is 4.92. The molecule has 1 aromatic heterocycles. The van der Waals surface area contributed by atoms with Crippen LogP contribution < -0.4 is 10.0 Å². The molecule has 1 atom stereocenters. The molecule has 7 nitrogen and oxygen atoms in total. The molecule has 0 saturated carbocycles. The molecule has 0 aliphatic heterocycles. The van der Waals surface area contributed by atoms with Gasteiger partial charge in [-0.2, -0.15) is 4.98 Å². The molecule has 0 amide bonds. The second kappa shape index (κ2) is 7.48. The van der Waals surface area contributed by atoms with Crippen molar-refractivity contribution >= 4 is 10.0 Å². The maximum atomic E-state index is 11.4.